The fourth-order valence-electron chi connectivity index (χ4n) is 1.62. The second-order valence-electron chi connectivity index (χ2n) is 4.46. The molecule has 0 saturated heterocycles. The molecule has 0 aliphatic heterocycles. The van der Waals surface area contributed by atoms with Crippen LogP contribution >= 0.6 is 0 Å². The highest BCUT2D eigenvalue weighted by Crippen LogP contribution is 2.15. The number of nitrogens with one attached hydrogen (secondary N) is 1. The quantitative estimate of drug-likeness (QED) is 0.783. The van der Waals surface area contributed by atoms with Crippen molar-refractivity contribution in [3.8, 4) is 5.75 Å². The molecule has 1 aromatic carbocycles. The van der Waals surface area contributed by atoms with Gasteiger partial charge in [-0.25, -0.2) is 13.1 Å². The second kappa shape index (κ2) is 7.99. The van der Waals surface area contributed by atoms with Crippen LogP contribution in [0.1, 0.15) is 20.3 Å². The third-order valence-corrected chi connectivity index (χ3v) is 4.45. The van der Waals surface area contributed by atoms with Gasteiger partial charge in [0.15, 0.2) is 0 Å². The van der Waals surface area contributed by atoms with Crippen molar-refractivity contribution in [2.45, 2.75) is 25.2 Å². The summed E-state index contributed by atoms with van der Waals surface area (Å²) in [4.78, 5) is 13.3. The van der Waals surface area contributed by atoms with Gasteiger partial charge in [0.05, 0.1) is 11.5 Å². The van der Waals surface area contributed by atoms with Crippen LogP contribution in [0.2, 0.25) is 0 Å². The fraction of sp³-hybridized carbons (Fsp3) is 0.500. The van der Waals surface area contributed by atoms with E-state index in [1.54, 1.807) is 24.1 Å². The lowest BCUT2D eigenvalue weighted by Gasteiger charge is -2.14. The van der Waals surface area contributed by atoms with Gasteiger partial charge in [-0.3, -0.25) is 4.79 Å². The molecule has 0 spiro atoms. The molecular weight excluding hydrogens is 292 g/mol. The smallest absolute Gasteiger partial charge is 0.240 e. The molecule has 0 aliphatic carbocycles. The monoisotopic (exact) mass is 314 g/mol. The number of benzene rings is 1. The van der Waals surface area contributed by atoms with Crippen molar-refractivity contribution in [2.75, 3.05) is 26.7 Å². The molecular formula is C14H22N2O4S. The van der Waals surface area contributed by atoms with Crippen LogP contribution in [0.5, 0.6) is 5.75 Å². The van der Waals surface area contributed by atoms with E-state index in [0.717, 1.165) is 0 Å². The molecule has 0 atom stereocenters. The van der Waals surface area contributed by atoms with E-state index in [4.69, 9.17) is 4.74 Å². The predicted octanol–water partition coefficient (Wildman–Crippen LogP) is 1.23. The molecule has 0 bridgehead atoms. The Morgan fingerprint density at radius 3 is 2.38 bits per heavy atom. The lowest BCUT2D eigenvalue weighted by molar-refractivity contribution is -0.129. The fourth-order valence-corrected chi connectivity index (χ4v) is 2.66. The highest BCUT2D eigenvalue weighted by atomic mass is 32.2. The summed E-state index contributed by atoms with van der Waals surface area (Å²) in [5.74, 6) is 0.531. The zero-order valence-corrected chi connectivity index (χ0v) is 13.4. The Labute approximate surface area is 126 Å². The van der Waals surface area contributed by atoms with Crippen molar-refractivity contribution in [1.29, 1.82) is 0 Å². The highest BCUT2D eigenvalue weighted by molar-refractivity contribution is 7.89. The Hall–Kier alpha value is -1.60. The number of hydrogen-bond donors (Lipinski definition) is 1. The molecule has 1 aromatic rings. The van der Waals surface area contributed by atoms with E-state index >= 15 is 0 Å². The number of sulfonamides is 1. The third kappa shape index (κ3) is 5.35. The molecule has 118 valence electrons. The largest absolute Gasteiger partial charge is 0.494 e. The summed E-state index contributed by atoms with van der Waals surface area (Å²) in [6, 6.07) is 6.17. The number of ether oxygens (including phenoxy) is 1. The number of carbonyl (C=O) groups is 1. The predicted molar refractivity (Wildman–Crippen MR) is 80.7 cm³/mol. The Balaban J connectivity index is 2.59. The summed E-state index contributed by atoms with van der Waals surface area (Å²) >= 11 is 0. The maximum absolute atomic E-state index is 12.0. The minimum atomic E-state index is -3.60. The molecule has 1 rings (SSSR count). The molecule has 0 saturated carbocycles. The first kappa shape index (κ1) is 17.5. The first-order valence-electron chi connectivity index (χ1n) is 6.87. The van der Waals surface area contributed by atoms with Gasteiger partial charge in [0.1, 0.15) is 5.75 Å². The van der Waals surface area contributed by atoms with Gasteiger partial charge in [-0.2, -0.15) is 0 Å². The van der Waals surface area contributed by atoms with Gasteiger partial charge in [-0.15, -0.1) is 0 Å². The molecule has 0 radical (unpaired) electrons. The van der Waals surface area contributed by atoms with Gasteiger partial charge in [-0.1, -0.05) is 0 Å². The molecule has 0 aliphatic rings. The number of amides is 1. The molecule has 21 heavy (non-hydrogen) atoms. The minimum absolute atomic E-state index is 0.0821. The summed E-state index contributed by atoms with van der Waals surface area (Å²) in [6.45, 7) is 4.93. The van der Waals surface area contributed by atoms with Crippen LogP contribution in [0.25, 0.3) is 0 Å². The zero-order chi connectivity index (χ0) is 15.9. The lowest BCUT2D eigenvalue weighted by Crippen LogP contribution is -2.32. The number of rotatable bonds is 8. The molecule has 0 aromatic heterocycles. The summed E-state index contributed by atoms with van der Waals surface area (Å²) < 4.78 is 31.8. The second-order valence-corrected chi connectivity index (χ2v) is 6.23. The minimum Gasteiger partial charge on any atom is -0.494 e. The van der Waals surface area contributed by atoms with Crippen LogP contribution in [0, 0.1) is 0 Å². The van der Waals surface area contributed by atoms with E-state index in [2.05, 4.69) is 4.72 Å². The van der Waals surface area contributed by atoms with Crippen molar-refractivity contribution < 1.29 is 17.9 Å². The van der Waals surface area contributed by atoms with Gasteiger partial charge in [0, 0.05) is 26.6 Å². The van der Waals surface area contributed by atoms with Crippen LogP contribution in [0.4, 0.5) is 0 Å². The van der Waals surface area contributed by atoms with Gasteiger partial charge in [0.2, 0.25) is 15.9 Å². The van der Waals surface area contributed by atoms with Gasteiger partial charge < -0.3 is 9.64 Å². The Morgan fingerprint density at radius 1 is 1.24 bits per heavy atom. The van der Waals surface area contributed by atoms with E-state index in [1.165, 1.54) is 12.1 Å². The summed E-state index contributed by atoms with van der Waals surface area (Å²) in [5, 5.41) is 0. The first-order chi connectivity index (χ1) is 9.90. The van der Waals surface area contributed by atoms with E-state index in [9.17, 15) is 13.2 Å². The Morgan fingerprint density at radius 2 is 1.86 bits per heavy atom. The molecule has 0 heterocycles. The van der Waals surface area contributed by atoms with E-state index in [0.29, 0.717) is 18.9 Å². The van der Waals surface area contributed by atoms with Crippen molar-refractivity contribution in [3.63, 3.8) is 0 Å². The Bertz CT molecular complexity index is 555. The standard InChI is InChI=1S/C14H22N2O4S/c1-4-16(3)14(17)10-11-15-21(18,19)13-8-6-12(7-9-13)20-5-2/h6-9,15H,4-5,10-11H2,1-3H3. The zero-order valence-electron chi connectivity index (χ0n) is 12.6. The molecule has 6 nitrogen and oxygen atoms in total. The van der Waals surface area contributed by atoms with Crippen LogP contribution < -0.4 is 9.46 Å². The Kier molecular flexibility index (Phi) is 6.64. The highest BCUT2D eigenvalue weighted by Gasteiger charge is 2.15. The van der Waals surface area contributed by atoms with Crippen LogP contribution in [-0.2, 0) is 14.8 Å². The van der Waals surface area contributed by atoms with E-state index < -0.39 is 10.0 Å². The molecule has 0 fully saturated rings. The number of nitrogens with zero attached hydrogens (tertiary/aromatic N) is 1. The summed E-state index contributed by atoms with van der Waals surface area (Å²) in [6.07, 6.45) is 0.139. The number of hydrogen-bond acceptors (Lipinski definition) is 4. The van der Waals surface area contributed by atoms with Crippen molar-refractivity contribution in [2.24, 2.45) is 0 Å². The van der Waals surface area contributed by atoms with Gasteiger partial charge >= 0.3 is 0 Å². The number of carbonyl (C=O) groups excluding carboxylic acids is 1. The maximum Gasteiger partial charge on any atom is 0.240 e. The third-order valence-electron chi connectivity index (χ3n) is 2.98. The average molecular weight is 314 g/mol. The van der Waals surface area contributed by atoms with Crippen LogP contribution in [0.15, 0.2) is 29.2 Å². The first-order valence-corrected chi connectivity index (χ1v) is 8.35. The molecule has 1 N–H and O–H groups in total. The van der Waals surface area contributed by atoms with Crippen LogP contribution in [-0.4, -0.2) is 46.0 Å². The topological polar surface area (TPSA) is 75.7 Å². The van der Waals surface area contributed by atoms with E-state index in [-0.39, 0.29) is 23.8 Å². The summed E-state index contributed by atoms with van der Waals surface area (Å²) in [5.41, 5.74) is 0. The molecule has 7 heteroatoms. The molecule has 0 unspecified atom stereocenters. The summed E-state index contributed by atoms with van der Waals surface area (Å²) in [7, 11) is -1.91. The van der Waals surface area contributed by atoms with Gasteiger partial charge in [0.25, 0.3) is 0 Å². The molecule has 1 amide bonds. The van der Waals surface area contributed by atoms with Crippen molar-refractivity contribution in [1.82, 2.24) is 9.62 Å². The maximum atomic E-state index is 12.0. The average Bonchev–Trinajstić information content (AvgIpc) is 2.47. The van der Waals surface area contributed by atoms with Gasteiger partial charge in [-0.05, 0) is 38.1 Å². The normalized spacial score (nSPS) is 11.2. The lowest BCUT2D eigenvalue weighted by atomic mass is 10.3. The van der Waals surface area contributed by atoms with Crippen LogP contribution in [0.3, 0.4) is 0 Å². The van der Waals surface area contributed by atoms with Crippen molar-refractivity contribution in [3.05, 3.63) is 24.3 Å². The van der Waals surface area contributed by atoms with E-state index in [1.807, 2.05) is 13.8 Å². The SMILES string of the molecule is CCOc1ccc(S(=O)(=O)NCCC(=O)N(C)CC)cc1. The van der Waals surface area contributed by atoms with Crippen molar-refractivity contribution >= 4 is 15.9 Å².